The highest BCUT2D eigenvalue weighted by Crippen LogP contribution is 2.21. The lowest BCUT2D eigenvalue weighted by Crippen LogP contribution is -2.19. The molecule has 0 unspecified atom stereocenters. The minimum atomic E-state index is -0.189. The van der Waals surface area contributed by atoms with Crippen molar-refractivity contribution in [3.8, 4) is 0 Å². The fourth-order valence-electron chi connectivity index (χ4n) is 2.97. The number of rotatable bonds is 3. The number of carbonyl (C=O) groups excluding carboxylic acids is 1. The third-order valence-electron chi connectivity index (χ3n) is 4.19. The topological polar surface area (TPSA) is 71.3 Å². The first kappa shape index (κ1) is 14.7. The molecular formula is C18H18N4O2. The van der Waals surface area contributed by atoms with Crippen LogP contribution in [0.3, 0.4) is 0 Å². The van der Waals surface area contributed by atoms with E-state index in [1.165, 1.54) is 12.8 Å². The molecule has 6 heteroatoms. The largest absolute Gasteiger partial charge is 0.441 e. The maximum atomic E-state index is 12.4. The average Bonchev–Trinajstić information content (AvgIpc) is 3.23. The summed E-state index contributed by atoms with van der Waals surface area (Å²) >= 11 is 0. The minimum Gasteiger partial charge on any atom is -0.441 e. The standard InChI is InChI=1S/C18H18N4O2/c1-12-20-15-6-5-14(10-16(15)24-12)21-18(23)13-4-7-17(19-11-13)22-8-2-3-9-22/h4-7,10-11H,2-3,8-9H2,1H3,(H,21,23). The molecule has 3 aromatic rings. The Balaban J connectivity index is 1.50. The lowest BCUT2D eigenvalue weighted by molar-refractivity contribution is 0.102. The highest BCUT2D eigenvalue weighted by atomic mass is 16.3. The normalized spacial score (nSPS) is 14.3. The number of anilines is 2. The SMILES string of the molecule is Cc1nc2ccc(NC(=O)c3ccc(N4CCCC4)nc3)cc2o1. The Kier molecular flexibility index (Phi) is 3.65. The van der Waals surface area contributed by atoms with Crippen molar-refractivity contribution >= 4 is 28.5 Å². The number of nitrogens with zero attached hydrogens (tertiary/aromatic N) is 3. The molecule has 0 bridgehead atoms. The van der Waals surface area contributed by atoms with Gasteiger partial charge in [-0.2, -0.15) is 0 Å². The second-order valence-corrected chi connectivity index (χ2v) is 5.97. The molecule has 1 saturated heterocycles. The van der Waals surface area contributed by atoms with E-state index in [-0.39, 0.29) is 5.91 Å². The molecule has 1 amide bonds. The van der Waals surface area contributed by atoms with Gasteiger partial charge in [-0.15, -0.1) is 0 Å². The fourth-order valence-corrected chi connectivity index (χ4v) is 2.97. The van der Waals surface area contributed by atoms with Crippen molar-refractivity contribution in [2.45, 2.75) is 19.8 Å². The van der Waals surface area contributed by atoms with Crippen molar-refractivity contribution in [3.63, 3.8) is 0 Å². The van der Waals surface area contributed by atoms with Crippen LogP contribution in [0.5, 0.6) is 0 Å². The molecule has 1 aliphatic rings. The molecule has 0 radical (unpaired) electrons. The van der Waals surface area contributed by atoms with E-state index in [9.17, 15) is 4.79 Å². The lowest BCUT2D eigenvalue weighted by Gasteiger charge is -2.16. The van der Waals surface area contributed by atoms with Gasteiger partial charge in [0, 0.05) is 38.0 Å². The molecule has 1 aliphatic heterocycles. The number of benzene rings is 1. The molecule has 2 aromatic heterocycles. The summed E-state index contributed by atoms with van der Waals surface area (Å²) in [6.45, 7) is 3.87. The predicted molar refractivity (Wildman–Crippen MR) is 92.4 cm³/mol. The molecule has 1 N–H and O–H groups in total. The number of oxazole rings is 1. The van der Waals surface area contributed by atoms with Gasteiger partial charge in [0.1, 0.15) is 11.3 Å². The summed E-state index contributed by atoms with van der Waals surface area (Å²) in [5.41, 5.74) is 2.65. The molecular weight excluding hydrogens is 304 g/mol. The van der Waals surface area contributed by atoms with E-state index in [2.05, 4.69) is 20.2 Å². The Hall–Kier alpha value is -2.89. The van der Waals surface area contributed by atoms with Gasteiger partial charge in [0.05, 0.1) is 5.56 Å². The van der Waals surface area contributed by atoms with Crippen LogP contribution in [0.25, 0.3) is 11.1 Å². The van der Waals surface area contributed by atoms with E-state index >= 15 is 0 Å². The number of carbonyl (C=O) groups is 1. The molecule has 3 heterocycles. The van der Waals surface area contributed by atoms with Crippen molar-refractivity contribution in [3.05, 3.63) is 48.0 Å². The zero-order valence-corrected chi connectivity index (χ0v) is 13.5. The van der Waals surface area contributed by atoms with Crippen LogP contribution in [0.4, 0.5) is 11.5 Å². The van der Waals surface area contributed by atoms with Gasteiger partial charge in [0.2, 0.25) is 0 Å². The van der Waals surface area contributed by atoms with E-state index < -0.39 is 0 Å². The number of hydrogen-bond donors (Lipinski definition) is 1. The Morgan fingerprint density at radius 3 is 2.79 bits per heavy atom. The second-order valence-electron chi connectivity index (χ2n) is 5.97. The number of fused-ring (bicyclic) bond motifs is 1. The van der Waals surface area contributed by atoms with Crippen LogP contribution in [0.1, 0.15) is 29.1 Å². The van der Waals surface area contributed by atoms with Gasteiger partial charge in [-0.3, -0.25) is 4.79 Å². The third kappa shape index (κ3) is 2.82. The zero-order valence-electron chi connectivity index (χ0n) is 13.5. The van der Waals surface area contributed by atoms with Gasteiger partial charge in [-0.05, 0) is 37.1 Å². The monoisotopic (exact) mass is 322 g/mol. The molecule has 1 fully saturated rings. The van der Waals surface area contributed by atoms with Crippen LogP contribution in [0.15, 0.2) is 40.9 Å². The number of aromatic nitrogens is 2. The van der Waals surface area contributed by atoms with Crippen LogP contribution in [-0.4, -0.2) is 29.0 Å². The molecule has 0 spiro atoms. The Morgan fingerprint density at radius 1 is 1.21 bits per heavy atom. The number of hydrogen-bond acceptors (Lipinski definition) is 5. The summed E-state index contributed by atoms with van der Waals surface area (Å²) in [4.78, 5) is 23.3. The van der Waals surface area contributed by atoms with E-state index in [0.717, 1.165) is 24.4 Å². The van der Waals surface area contributed by atoms with Gasteiger partial charge >= 0.3 is 0 Å². The molecule has 0 saturated carbocycles. The smallest absolute Gasteiger partial charge is 0.257 e. The van der Waals surface area contributed by atoms with Crippen molar-refractivity contribution in [1.29, 1.82) is 0 Å². The van der Waals surface area contributed by atoms with E-state index in [0.29, 0.717) is 22.7 Å². The highest BCUT2D eigenvalue weighted by Gasteiger charge is 2.14. The van der Waals surface area contributed by atoms with Crippen LogP contribution in [0.2, 0.25) is 0 Å². The van der Waals surface area contributed by atoms with Gasteiger partial charge in [-0.25, -0.2) is 9.97 Å². The first-order valence-electron chi connectivity index (χ1n) is 8.08. The molecule has 0 atom stereocenters. The molecule has 4 rings (SSSR count). The summed E-state index contributed by atoms with van der Waals surface area (Å²) < 4.78 is 5.49. The first-order valence-corrected chi connectivity index (χ1v) is 8.08. The van der Waals surface area contributed by atoms with Gasteiger partial charge < -0.3 is 14.6 Å². The maximum Gasteiger partial charge on any atom is 0.257 e. The van der Waals surface area contributed by atoms with Gasteiger partial charge in [0.15, 0.2) is 11.5 Å². The summed E-state index contributed by atoms with van der Waals surface area (Å²) in [5.74, 6) is 1.35. The number of pyridine rings is 1. The Bertz CT molecular complexity index is 880. The molecule has 1 aromatic carbocycles. The van der Waals surface area contributed by atoms with Gasteiger partial charge in [-0.1, -0.05) is 0 Å². The number of aryl methyl sites for hydroxylation is 1. The third-order valence-corrected chi connectivity index (χ3v) is 4.19. The van der Waals surface area contributed by atoms with Gasteiger partial charge in [0.25, 0.3) is 5.91 Å². The maximum absolute atomic E-state index is 12.4. The van der Waals surface area contributed by atoms with E-state index in [1.807, 2.05) is 24.3 Å². The van der Waals surface area contributed by atoms with Crippen molar-refractivity contribution in [2.75, 3.05) is 23.3 Å². The lowest BCUT2D eigenvalue weighted by atomic mass is 10.2. The fraction of sp³-hybridized carbons (Fsp3) is 0.278. The quantitative estimate of drug-likeness (QED) is 0.800. The van der Waals surface area contributed by atoms with Crippen LogP contribution >= 0.6 is 0 Å². The highest BCUT2D eigenvalue weighted by molar-refractivity contribution is 6.04. The predicted octanol–water partition coefficient (Wildman–Crippen LogP) is 3.38. The first-order chi connectivity index (χ1) is 11.7. The van der Waals surface area contributed by atoms with Crippen LogP contribution < -0.4 is 10.2 Å². The summed E-state index contributed by atoms with van der Waals surface area (Å²) in [6, 6.07) is 9.14. The molecule has 6 nitrogen and oxygen atoms in total. The zero-order chi connectivity index (χ0) is 16.5. The summed E-state index contributed by atoms with van der Waals surface area (Å²) in [7, 11) is 0. The second kappa shape index (κ2) is 5.96. The molecule has 122 valence electrons. The van der Waals surface area contributed by atoms with E-state index in [1.54, 1.807) is 19.2 Å². The van der Waals surface area contributed by atoms with Crippen LogP contribution in [0, 0.1) is 6.92 Å². The van der Waals surface area contributed by atoms with Crippen LogP contribution in [-0.2, 0) is 0 Å². The van der Waals surface area contributed by atoms with Crippen molar-refractivity contribution in [1.82, 2.24) is 9.97 Å². The summed E-state index contributed by atoms with van der Waals surface area (Å²) in [5, 5.41) is 2.87. The van der Waals surface area contributed by atoms with E-state index in [4.69, 9.17) is 4.42 Å². The average molecular weight is 322 g/mol. The number of amides is 1. The van der Waals surface area contributed by atoms with Crippen molar-refractivity contribution < 1.29 is 9.21 Å². The molecule has 24 heavy (non-hydrogen) atoms. The Labute approximate surface area is 139 Å². The summed E-state index contributed by atoms with van der Waals surface area (Å²) in [6.07, 6.45) is 4.03. The van der Waals surface area contributed by atoms with Crippen molar-refractivity contribution in [2.24, 2.45) is 0 Å². The number of nitrogens with one attached hydrogen (secondary N) is 1. The molecule has 0 aliphatic carbocycles. The minimum absolute atomic E-state index is 0.189. The Morgan fingerprint density at radius 2 is 2.04 bits per heavy atom.